The van der Waals surface area contributed by atoms with E-state index >= 15 is 0 Å². The average molecular weight is 261 g/mol. The van der Waals surface area contributed by atoms with E-state index in [-0.39, 0.29) is 5.82 Å². The van der Waals surface area contributed by atoms with Crippen LogP contribution >= 0.6 is 11.6 Å². The van der Waals surface area contributed by atoms with E-state index in [2.05, 4.69) is 5.10 Å². The van der Waals surface area contributed by atoms with E-state index in [0.29, 0.717) is 11.7 Å². The van der Waals surface area contributed by atoms with Gasteiger partial charge in [0.05, 0.1) is 12.1 Å². The molecule has 1 aromatic heterocycles. The van der Waals surface area contributed by atoms with Gasteiger partial charge in [0, 0.05) is 5.39 Å². The van der Waals surface area contributed by atoms with Crippen LogP contribution in [0.25, 0.3) is 10.9 Å². The molecule has 0 unspecified atom stereocenters. The molecule has 0 N–H and O–H groups in total. The second-order valence-corrected chi connectivity index (χ2v) is 4.45. The fourth-order valence-electron chi connectivity index (χ4n) is 1.97. The van der Waals surface area contributed by atoms with Crippen LogP contribution in [-0.4, -0.2) is 9.78 Å². The van der Waals surface area contributed by atoms with Crippen LogP contribution in [0.2, 0.25) is 5.15 Å². The largest absolute Gasteiger partial charge is 0.259 e. The number of nitrogens with zero attached hydrogens (tertiary/aromatic N) is 2. The maximum absolute atomic E-state index is 12.8. The highest BCUT2D eigenvalue weighted by molar-refractivity contribution is 6.34. The second-order valence-electron chi connectivity index (χ2n) is 4.09. The van der Waals surface area contributed by atoms with Crippen molar-refractivity contribution in [2.45, 2.75) is 6.54 Å². The summed E-state index contributed by atoms with van der Waals surface area (Å²) in [4.78, 5) is 0. The summed E-state index contributed by atoms with van der Waals surface area (Å²) in [7, 11) is 0. The first-order chi connectivity index (χ1) is 8.74. The number of benzene rings is 2. The minimum absolute atomic E-state index is 0.234. The fourth-order valence-corrected chi connectivity index (χ4v) is 2.22. The summed E-state index contributed by atoms with van der Waals surface area (Å²) in [6.45, 7) is 0.577. The van der Waals surface area contributed by atoms with Gasteiger partial charge in [0.15, 0.2) is 5.15 Å². The minimum Gasteiger partial charge on any atom is -0.259 e. The van der Waals surface area contributed by atoms with Crippen LogP contribution in [0.1, 0.15) is 5.56 Å². The normalized spacial score (nSPS) is 11.0. The van der Waals surface area contributed by atoms with Crippen LogP contribution in [0.3, 0.4) is 0 Å². The average Bonchev–Trinajstić information content (AvgIpc) is 2.70. The Balaban J connectivity index is 2.02. The number of hydrogen-bond donors (Lipinski definition) is 0. The van der Waals surface area contributed by atoms with E-state index in [1.165, 1.54) is 12.1 Å². The van der Waals surface area contributed by atoms with Gasteiger partial charge in [0.2, 0.25) is 0 Å². The molecule has 0 atom stereocenters. The molecule has 1 heterocycles. The molecule has 0 radical (unpaired) electrons. The molecule has 0 spiro atoms. The van der Waals surface area contributed by atoms with Gasteiger partial charge in [-0.1, -0.05) is 35.9 Å². The van der Waals surface area contributed by atoms with E-state index < -0.39 is 0 Å². The van der Waals surface area contributed by atoms with Crippen LogP contribution in [0.15, 0.2) is 48.5 Å². The van der Waals surface area contributed by atoms with Crippen LogP contribution in [-0.2, 0) is 6.54 Å². The van der Waals surface area contributed by atoms with E-state index in [1.54, 1.807) is 12.1 Å². The minimum atomic E-state index is -0.234. The monoisotopic (exact) mass is 260 g/mol. The predicted molar refractivity (Wildman–Crippen MR) is 70.2 cm³/mol. The number of halogens is 2. The van der Waals surface area contributed by atoms with Crippen molar-refractivity contribution in [3.8, 4) is 0 Å². The molecule has 90 valence electrons. The smallest absolute Gasteiger partial charge is 0.158 e. The van der Waals surface area contributed by atoms with Crippen LogP contribution < -0.4 is 0 Å². The lowest BCUT2D eigenvalue weighted by atomic mass is 10.2. The Morgan fingerprint density at radius 1 is 1.06 bits per heavy atom. The molecule has 2 aromatic carbocycles. The lowest BCUT2D eigenvalue weighted by molar-refractivity contribution is 0.625. The van der Waals surface area contributed by atoms with E-state index in [4.69, 9.17) is 11.6 Å². The molecule has 0 saturated carbocycles. The Bertz CT molecular complexity index is 689. The summed E-state index contributed by atoms with van der Waals surface area (Å²) in [5.74, 6) is -0.234. The molecule has 0 fully saturated rings. The third-order valence-corrected chi connectivity index (χ3v) is 3.14. The highest BCUT2D eigenvalue weighted by Crippen LogP contribution is 2.23. The number of fused-ring (bicyclic) bond motifs is 1. The Morgan fingerprint density at radius 2 is 1.78 bits per heavy atom. The Hall–Kier alpha value is -1.87. The van der Waals surface area contributed by atoms with E-state index in [1.807, 2.05) is 28.9 Å². The zero-order chi connectivity index (χ0) is 12.5. The van der Waals surface area contributed by atoms with Gasteiger partial charge >= 0.3 is 0 Å². The van der Waals surface area contributed by atoms with Crippen LogP contribution in [0.5, 0.6) is 0 Å². The zero-order valence-electron chi connectivity index (χ0n) is 9.48. The molecule has 0 bridgehead atoms. The van der Waals surface area contributed by atoms with Gasteiger partial charge in [-0.2, -0.15) is 5.10 Å². The summed E-state index contributed by atoms with van der Waals surface area (Å²) in [6, 6.07) is 14.2. The molecule has 4 heteroatoms. The number of hydrogen-bond acceptors (Lipinski definition) is 1. The quantitative estimate of drug-likeness (QED) is 0.684. The van der Waals surface area contributed by atoms with Crippen molar-refractivity contribution in [3.05, 3.63) is 65.1 Å². The van der Waals surface area contributed by atoms with Gasteiger partial charge in [-0.05, 0) is 29.8 Å². The van der Waals surface area contributed by atoms with Crippen molar-refractivity contribution in [1.82, 2.24) is 9.78 Å². The number of aromatic nitrogens is 2. The van der Waals surface area contributed by atoms with Crippen molar-refractivity contribution < 1.29 is 4.39 Å². The Labute approximate surface area is 109 Å². The van der Waals surface area contributed by atoms with Gasteiger partial charge in [-0.25, -0.2) is 4.39 Å². The lowest BCUT2D eigenvalue weighted by Gasteiger charge is -2.03. The lowest BCUT2D eigenvalue weighted by Crippen LogP contribution is -2.01. The van der Waals surface area contributed by atoms with Gasteiger partial charge in [-0.15, -0.1) is 0 Å². The van der Waals surface area contributed by atoms with Gasteiger partial charge in [0.25, 0.3) is 0 Å². The first-order valence-corrected chi connectivity index (χ1v) is 5.97. The van der Waals surface area contributed by atoms with Crippen molar-refractivity contribution >= 4 is 22.5 Å². The molecular formula is C14H10ClFN2. The van der Waals surface area contributed by atoms with Crippen molar-refractivity contribution in [2.24, 2.45) is 0 Å². The summed E-state index contributed by atoms with van der Waals surface area (Å²) >= 11 is 6.08. The van der Waals surface area contributed by atoms with Crippen molar-refractivity contribution in [3.63, 3.8) is 0 Å². The van der Waals surface area contributed by atoms with Crippen molar-refractivity contribution in [1.29, 1.82) is 0 Å². The maximum atomic E-state index is 12.8. The van der Waals surface area contributed by atoms with Crippen LogP contribution in [0.4, 0.5) is 4.39 Å². The third kappa shape index (κ3) is 1.97. The number of para-hydroxylation sites is 1. The first-order valence-electron chi connectivity index (χ1n) is 5.59. The molecular weight excluding hydrogens is 251 g/mol. The van der Waals surface area contributed by atoms with Gasteiger partial charge in [-0.3, -0.25) is 4.68 Å². The standard InChI is InChI=1S/C14H10ClFN2/c15-14-12-3-1-2-4-13(12)18(17-14)9-10-5-7-11(16)8-6-10/h1-8H,9H2. The SMILES string of the molecule is Fc1ccc(Cn2nc(Cl)c3ccccc32)cc1. The summed E-state index contributed by atoms with van der Waals surface area (Å²) in [6.07, 6.45) is 0. The molecule has 0 aliphatic rings. The predicted octanol–water partition coefficient (Wildman–Crippen LogP) is 3.88. The van der Waals surface area contributed by atoms with Gasteiger partial charge in [0.1, 0.15) is 5.82 Å². The molecule has 3 aromatic rings. The Morgan fingerprint density at radius 3 is 2.56 bits per heavy atom. The van der Waals surface area contributed by atoms with Crippen LogP contribution in [0, 0.1) is 5.82 Å². The molecule has 18 heavy (non-hydrogen) atoms. The second kappa shape index (κ2) is 4.42. The van der Waals surface area contributed by atoms with E-state index in [0.717, 1.165) is 16.5 Å². The molecule has 0 aliphatic heterocycles. The highest BCUT2D eigenvalue weighted by atomic mass is 35.5. The van der Waals surface area contributed by atoms with E-state index in [9.17, 15) is 4.39 Å². The Kier molecular flexibility index (Phi) is 2.76. The highest BCUT2D eigenvalue weighted by Gasteiger charge is 2.07. The number of rotatable bonds is 2. The summed E-state index contributed by atoms with van der Waals surface area (Å²) < 4.78 is 14.7. The van der Waals surface area contributed by atoms with Gasteiger partial charge < -0.3 is 0 Å². The maximum Gasteiger partial charge on any atom is 0.158 e. The first kappa shape index (κ1) is 11.2. The van der Waals surface area contributed by atoms with Crippen molar-refractivity contribution in [2.75, 3.05) is 0 Å². The molecule has 2 nitrogen and oxygen atoms in total. The topological polar surface area (TPSA) is 17.8 Å². The third-order valence-electron chi connectivity index (χ3n) is 2.86. The summed E-state index contributed by atoms with van der Waals surface area (Å²) in [5, 5.41) is 5.72. The molecule has 3 rings (SSSR count). The zero-order valence-corrected chi connectivity index (χ0v) is 10.2. The summed E-state index contributed by atoms with van der Waals surface area (Å²) in [5.41, 5.74) is 1.97. The molecule has 0 aliphatic carbocycles. The fraction of sp³-hybridized carbons (Fsp3) is 0.0714. The molecule has 0 amide bonds. The molecule has 0 saturated heterocycles.